The van der Waals surface area contributed by atoms with E-state index in [0.717, 1.165) is 21.5 Å². The molecule has 1 unspecified atom stereocenters. The minimum Gasteiger partial charge on any atom is -0.383 e. The molecule has 1 atom stereocenters. The molecule has 1 amide bonds. The molecule has 0 saturated carbocycles. The summed E-state index contributed by atoms with van der Waals surface area (Å²) in [5, 5.41) is 11.9. The highest BCUT2D eigenvalue weighted by Gasteiger charge is 2.25. The first-order chi connectivity index (χ1) is 14.4. The number of amides is 1. The molecule has 0 bridgehead atoms. The number of halogens is 1. The van der Waals surface area contributed by atoms with Crippen LogP contribution >= 0.6 is 27.3 Å². The number of carbonyl (C=O) groups is 1. The Kier molecular flexibility index (Phi) is 5.74. The van der Waals surface area contributed by atoms with Crippen LogP contribution in [0.1, 0.15) is 39.6 Å². The van der Waals surface area contributed by atoms with Crippen LogP contribution in [0.25, 0.3) is 10.9 Å². The number of pyridine rings is 1. The lowest BCUT2D eigenvalue weighted by Gasteiger charge is -2.28. The Morgan fingerprint density at radius 2 is 2.07 bits per heavy atom. The van der Waals surface area contributed by atoms with Crippen molar-refractivity contribution in [1.82, 2.24) is 25.1 Å². The number of nitrogen functional groups attached to an aromatic ring is 1. The normalized spacial score (nSPS) is 12.1. The van der Waals surface area contributed by atoms with Crippen molar-refractivity contribution in [1.29, 1.82) is 0 Å². The molecule has 4 rings (SSSR count). The first kappa shape index (κ1) is 20.4. The van der Waals surface area contributed by atoms with Crippen molar-refractivity contribution in [3.63, 3.8) is 0 Å². The summed E-state index contributed by atoms with van der Waals surface area (Å²) in [4.78, 5) is 24.1. The summed E-state index contributed by atoms with van der Waals surface area (Å²) in [5.41, 5.74) is 8.82. The van der Waals surface area contributed by atoms with Crippen LogP contribution in [0.4, 0.5) is 5.82 Å². The largest absolute Gasteiger partial charge is 0.383 e. The van der Waals surface area contributed by atoms with Gasteiger partial charge < -0.3 is 10.6 Å². The van der Waals surface area contributed by atoms with Gasteiger partial charge in [0.05, 0.1) is 23.8 Å². The Morgan fingerprint density at radius 3 is 2.77 bits per heavy atom. The van der Waals surface area contributed by atoms with E-state index in [2.05, 4.69) is 36.1 Å². The topological polar surface area (TPSA) is 97.9 Å². The third kappa shape index (κ3) is 4.17. The average Bonchev–Trinajstić information content (AvgIpc) is 3.28. The lowest BCUT2D eigenvalue weighted by molar-refractivity contribution is 0.0671. The SMILES string of the molecule is Cc1cc2cc(C(=O)N(Cc3ccc(Br)nn3)C(C)c3nccs3)ccc2nc1N. The van der Waals surface area contributed by atoms with E-state index < -0.39 is 0 Å². The molecule has 2 N–H and O–H groups in total. The van der Waals surface area contributed by atoms with Crippen molar-refractivity contribution in [3.8, 4) is 0 Å². The van der Waals surface area contributed by atoms with E-state index in [1.54, 1.807) is 17.2 Å². The number of fused-ring (bicyclic) bond motifs is 1. The Balaban J connectivity index is 1.71. The summed E-state index contributed by atoms with van der Waals surface area (Å²) in [5.74, 6) is 0.383. The van der Waals surface area contributed by atoms with Crippen LogP contribution in [0, 0.1) is 6.92 Å². The lowest BCUT2D eigenvalue weighted by Crippen LogP contribution is -2.33. The quantitative estimate of drug-likeness (QED) is 0.448. The predicted octanol–water partition coefficient (Wildman–Crippen LogP) is 4.54. The highest BCUT2D eigenvalue weighted by Crippen LogP contribution is 2.27. The van der Waals surface area contributed by atoms with E-state index >= 15 is 0 Å². The van der Waals surface area contributed by atoms with Gasteiger partial charge in [-0.05, 0) is 71.7 Å². The zero-order valence-electron chi connectivity index (χ0n) is 16.4. The molecule has 152 valence electrons. The van der Waals surface area contributed by atoms with Crippen molar-refractivity contribution >= 4 is 49.9 Å². The number of carbonyl (C=O) groups excluding carboxylic acids is 1. The van der Waals surface area contributed by atoms with Crippen LogP contribution in [0.5, 0.6) is 0 Å². The minimum atomic E-state index is -0.218. The minimum absolute atomic E-state index is 0.112. The molecule has 1 aromatic carbocycles. The van der Waals surface area contributed by atoms with Gasteiger partial charge in [0, 0.05) is 22.5 Å². The second kappa shape index (κ2) is 8.45. The number of benzene rings is 1. The molecule has 9 heteroatoms. The first-order valence-electron chi connectivity index (χ1n) is 9.27. The van der Waals surface area contributed by atoms with Crippen molar-refractivity contribution < 1.29 is 4.79 Å². The maximum Gasteiger partial charge on any atom is 0.254 e. The molecule has 0 aliphatic heterocycles. The van der Waals surface area contributed by atoms with Gasteiger partial charge in [-0.1, -0.05) is 0 Å². The molecular formula is C21H19BrN6OS. The van der Waals surface area contributed by atoms with Crippen molar-refractivity contribution in [2.75, 3.05) is 5.73 Å². The number of thiazole rings is 1. The molecule has 0 saturated heterocycles. The smallest absolute Gasteiger partial charge is 0.254 e. The monoisotopic (exact) mass is 482 g/mol. The average molecular weight is 483 g/mol. The maximum absolute atomic E-state index is 13.5. The first-order valence-corrected chi connectivity index (χ1v) is 10.9. The van der Waals surface area contributed by atoms with E-state index in [1.807, 2.05) is 49.6 Å². The Bertz CT molecular complexity index is 1200. The summed E-state index contributed by atoms with van der Waals surface area (Å²) in [6.45, 7) is 4.19. The maximum atomic E-state index is 13.5. The van der Waals surface area contributed by atoms with Gasteiger partial charge in [-0.25, -0.2) is 9.97 Å². The number of nitrogens with two attached hydrogens (primary N) is 1. The van der Waals surface area contributed by atoms with Gasteiger partial charge >= 0.3 is 0 Å². The van der Waals surface area contributed by atoms with Crippen LogP contribution in [0.15, 0.2) is 52.6 Å². The number of aryl methyl sites for hydroxylation is 1. The van der Waals surface area contributed by atoms with Gasteiger partial charge in [0.15, 0.2) is 0 Å². The second-order valence-corrected chi connectivity index (χ2v) is 8.66. The Morgan fingerprint density at radius 1 is 1.23 bits per heavy atom. The summed E-state index contributed by atoms with van der Waals surface area (Å²) in [6, 6.07) is 10.8. The molecule has 0 aliphatic rings. The molecule has 4 aromatic rings. The second-order valence-electron chi connectivity index (χ2n) is 6.92. The summed E-state index contributed by atoms with van der Waals surface area (Å²) in [6.07, 6.45) is 1.74. The van der Waals surface area contributed by atoms with Crippen molar-refractivity contribution in [3.05, 3.63) is 74.4 Å². The fourth-order valence-electron chi connectivity index (χ4n) is 3.16. The summed E-state index contributed by atoms with van der Waals surface area (Å²) >= 11 is 4.81. The van der Waals surface area contributed by atoms with Gasteiger partial charge in [-0.3, -0.25) is 4.79 Å². The Hall–Kier alpha value is -2.91. The fraction of sp³-hybridized carbons (Fsp3) is 0.190. The van der Waals surface area contributed by atoms with Gasteiger partial charge in [-0.15, -0.1) is 16.4 Å². The lowest BCUT2D eigenvalue weighted by atomic mass is 10.1. The Labute approximate surface area is 186 Å². The van der Waals surface area contributed by atoms with E-state index in [9.17, 15) is 4.79 Å². The number of aromatic nitrogens is 4. The van der Waals surface area contributed by atoms with Crippen molar-refractivity contribution in [2.45, 2.75) is 26.4 Å². The van der Waals surface area contributed by atoms with Gasteiger partial charge in [0.1, 0.15) is 15.4 Å². The standard InChI is InChI=1S/C21H19BrN6OS/c1-12-9-15-10-14(3-5-17(15)25-19(12)23)21(29)28(13(2)20-24-7-8-30-20)11-16-4-6-18(22)27-26-16/h3-10,13H,11H2,1-2H3,(H2,23,25). The zero-order chi connectivity index (χ0) is 21.3. The van der Waals surface area contributed by atoms with Crippen LogP contribution in [0.3, 0.4) is 0 Å². The fourth-order valence-corrected chi connectivity index (χ4v) is 4.08. The van der Waals surface area contributed by atoms with Crippen LogP contribution in [-0.2, 0) is 6.54 Å². The number of hydrogen-bond acceptors (Lipinski definition) is 7. The molecule has 7 nitrogen and oxygen atoms in total. The van der Waals surface area contributed by atoms with Gasteiger partial charge in [0.25, 0.3) is 5.91 Å². The number of rotatable bonds is 5. The molecule has 0 fully saturated rings. The number of nitrogens with zero attached hydrogens (tertiary/aromatic N) is 5. The third-order valence-corrected chi connectivity index (χ3v) is 6.22. The molecule has 0 radical (unpaired) electrons. The molecule has 0 spiro atoms. The molecule has 0 aliphatic carbocycles. The third-order valence-electron chi connectivity index (χ3n) is 4.85. The molecule has 3 heterocycles. The van der Waals surface area contributed by atoms with Crippen LogP contribution in [0.2, 0.25) is 0 Å². The number of hydrogen-bond donors (Lipinski definition) is 1. The molecule has 3 aromatic heterocycles. The van der Waals surface area contributed by atoms with E-state index in [1.165, 1.54) is 11.3 Å². The van der Waals surface area contributed by atoms with Crippen LogP contribution in [-0.4, -0.2) is 31.0 Å². The van der Waals surface area contributed by atoms with Gasteiger partial charge in [0.2, 0.25) is 0 Å². The van der Waals surface area contributed by atoms with Crippen molar-refractivity contribution in [2.24, 2.45) is 0 Å². The predicted molar refractivity (Wildman–Crippen MR) is 121 cm³/mol. The number of anilines is 1. The van der Waals surface area contributed by atoms with Crippen LogP contribution < -0.4 is 5.73 Å². The summed E-state index contributed by atoms with van der Waals surface area (Å²) in [7, 11) is 0. The van der Waals surface area contributed by atoms with E-state index in [-0.39, 0.29) is 11.9 Å². The molecular weight excluding hydrogens is 464 g/mol. The molecule has 30 heavy (non-hydrogen) atoms. The highest BCUT2D eigenvalue weighted by molar-refractivity contribution is 9.10. The van der Waals surface area contributed by atoms with E-state index in [0.29, 0.717) is 28.2 Å². The van der Waals surface area contributed by atoms with Gasteiger partial charge in [-0.2, -0.15) is 5.10 Å². The highest BCUT2D eigenvalue weighted by atomic mass is 79.9. The summed E-state index contributed by atoms with van der Waals surface area (Å²) < 4.78 is 0.647. The zero-order valence-corrected chi connectivity index (χ0v) is 18.8. The van der Waals surface area contributed by atoms with E-state index in [4.69, 9.17) is 5.73 Å².